The van der Waals surface area contributed by atoms with Crippen molar-refractivity contribution in [3.63, 3.8) is 0 Å². The van der Waals surface area contributed by atoms with Crippen LogP contribution in [0.3, 0.4) is 0 Å². The lowest BCUT2D eigenvalue weighted by molar-refractivity contribution is 0.0735. The molecule has 1 aromatic carbocycles. The summed E-state index contributed by atoms with van der Waals surface area (Å²) in [7, 11) is 1.52. The summed E-state index contributed by atoms with van der Waals surface area (Å²) in [5, 5.41) is 5.60. The molecule has 21 heavy (non-hydrogen) atoms. The summed E-state index contributed by atoms with van der Waals surface area (Å²) < 4.78 is 10.6. The molecule has 1 aromatic heterocycles. The molecular formula is C15H15NO4S. The molecule has 2 aromatic rings. The Hall–Kier alpha value is -2.34. The summed E-state index contributed by atoms with van der Waals surface area (Å²) in [5.41, 5.74) is 0.788. The number of hydrogen-bond acceptors (Lipinski definition) is 6. The van der Waals surface area contributed by atoms with Crippen LogP contribution in [-0.4, -0.2) is 25.9 Å². The van der Waals surface area contributed by atoms with Crippen LogP contribution in [0.2, 0.25) is 0 Å². The second-order valence-corrected chi connectivity index (χ2v) is 4.88. The SMILES string of the molecule is CCO/N=C/c1ccc(OC(=O)c2cccs2)c(OC)c1. The lowest BCUT2D eigenvalue weighted by Crippen LogP contribution is -2.07. The fraction of sp³-hybridized carbons (Fsp3) is 0.200. The van der Waals surface area contributed by atoms with Crippen LogP contribution in [0.5, 0.6) is 11.5 Å². The number of carbonyl (C=O) groups is 1. The number of benzene rings is 1. The Kier molecular flexibility index (Phi) is 5.34. The first-order valence-electron chi connectivity index (χ1n) is 6.33. The Morgan fingerprint density at radius 3 is 2.86 bits per heavy atom. The zero-order valence-electron chi connectivity index (χ0n) is 11.7. The lowest BCUT2D eigenvalue weighted by atomic mass is 10.2. The van der Waals surface area contributed by atoms with Gasteiger partial charge in [0.15, 0.2) is 11.5 Å². The Labute approximate surface area is 126 Å². The van der Waals surface area contributed by atoms with Gasteiger partial charge in [-0.05, 0) is 36.6 Å². The van der Waals surface area contributed by atoms with Crippen LogP contribution < -0.4 is 9.47 Å². The predicted octanol–water partition coefficient (Wildman–Crippen LogP) is 3.35. The third-order valence-corrected chi connectivity index (χ3v) is 3.37. The highest BCUT2D eigenvalue weighted by molar-refractivity contribution is 7.12. The molecule has 0 amide bonds. The Balaban J connectivity index is 2.14. The first-order valence-corrected chi connectivity index (χ1v) is 7.21. The van der Waals surface area contributed by atoms with Gasteiger partial charge >= 0.3 is 5.97 Å². The summed E-state index contributed by atoms with van der Waals surface area (Å²) in [6.07, 6.45) is 1.57. The van der Waals surface area contributed by atoms with Gasteiger partial charge in [0.05, 0.1) is 13.3 Å². The lowest BCUT2D eigenvalue weighted by Gasteiger charge is -2.09. The smallest absolute Gasteiger partial charge is 0.353 e. The van der Waals surface area contributed by atoms with Gasteiger partial charge in [0.2, 0.25) is 0 Å². The molecule has 0 N–H and O–H groups in total. The van der Waals surface area contributed by atoms with Crippen LogP contribution in [0.4, 0.5) is 0 Å². The first kappa shape index (κ1) is 15.1. The third-order valence-electron chi connectivity index (χ3n) is 2.52. The van der Waals surface area contributed by atoms with Crippen molar-refractivity contribution in [3.05, 3.63) is 46.2 Å². The molecule has 0 radical (unpaired) electrons. The number of methoxy groups -OCH3 is 1. The quantitative estimate of drug-likeness (QED) is 0.355. The fourth-order valence-electron chi connectivity index (χ4n) is 1.57. The maximum Gasteiger partial charge on any atom is 0.353 e. The van der Waals surface area contributed by atoms with E-state index in [1.807, 2.05) is 12.3 Å². The van der Waals surface area contributed by atoms with Crippen molar-refractivity contribution in [2.24, 2.45) is 5.16 Å². The van der Waals surface area contributed by atoms with E-state index >= 15 is 0 Å². The van der Waals surface area contributed by atoms with Gasteiger partial charge in [-0.1, -0.05) is 11.2 Å². The summed E-state index contributed by atoms with van der Waals surface area (Å²) in [4.78, 5) is 17.4. The summed E-state index contributed by atoms with van der Waals surface area (Å²) >= 11 is 1.33. The number of thiophene rings is 1. The zero-order chi connectivity index (χ0) is 15.1. The highest BCUT2D eigenvalue weighted by atomic mass is 32.1. The van der Waals surface area contributed by atoms with E-state index in [0.29, 0.717) is 23.0 Å². The van der Waals surface area contributed by atoms with Crippen LogP contribution in [0, 0.1) is 0 Å². The highest BCUT2D eigenvalue weighted by Gasteiger charge is 2.13. The molecule has 110 valence electrons. The molecule has 5 nitrogen and oxygen atoms in total. The van der Waals surface area contributed by atoms with Gasteiger partial charge in [0.25, 0.3) is 0 Å². The van der Waals surface area contributed by atoms with Crippen molar-refractivity contribution in [2.45, 2.75) is 6.92 Å². The van der Waals surface area contributed by atoms with E-state index in [1.165, 1.54) is 18.4 Å². The number of hydrogen-bond donors (Lipinski definition) is 0. The normalized spacial score (nSPS) is 10.6. The average Bonchev–Trinajstić information content (AvgIpc) is 3.03. The van der Waals surface area contributed by atoms with E-state index in [2.05, 4.69) is 5.16 Å². The van der Waals surface area contributed by atoms with Crippen molar-refractivity contribution in [2.75, 3.05) is 13.7 Å². The molecule has 0 atom stereocenters. The maximum absolute atomic E-state index is 11.9. The minimum Gasteiger partial charge on any atom is -0.493 e. The fourth-order valence-corrected chi connectivity index (χ4v) is 2.17. The average molecular weight is 305 g/mol. The van der Waals surface area contributed by atoms with Crippen molar-refractivity contribution >= 4 is 23.5 Å². The second kappa shape index (κ2) is 7.44. The molecule has 0 bridgehead atoms. The summed E-state index contributed by atoms with van der Waals surface area (Å²) in [6, 6.07) is 8.66. The van der Waals surface area contributed by atoms with Gasteiger partial charge in [-0.25, -0.2) is 4.79 Å². The largest absolute Gasteiger partial charge is 0.493 e. The molecule has 6 heteroatoms. The van der Waals surface area contributed by atoms with Gasteiger partial charge in [0, 0.05) is 5.56 Å². The summed E-state index contributed by atoms with van der Waals surface area (Å²) in [5.74, 6) is 0.420. The molecule has 0 saturated heterocycles. The second-order valence-electron chi connectivity index (χ2n) is 3.93. The summed E-state index contributed by atoms with van der Waals surface area (Å²) in [6.45, 7) is 2.36. The Morgan fingerprint density at radius 1 is 1.33 bits per heavy atom. The van der Waals surface area contributed by atoms with Crippen LogP contribution in [0.15, 0.2) is 40.9 Å². The van der Waals surface area contributed by atoms with Crippen LogP contribution in [0.1, 0.15) is 22.2 Å². The van der Waals surface area contributed by atoms with Gasteiger partial charge < -0.3 is 14.3 Å². The minimum absolute atomic E-state index is 0.365. The van der Waals surface area contributed by atoms with Crippen molar-refractivity contribution in [1.29, 1.82) is 0 Å². The molecule has 0 aliphatic rings. The van der Waals surface area contributed by atoms with Crippen molar-refractivity contribution in [1.82, 2.24) is 0 Å². The van der Waals surface area contributed by atoms with Gasteiger partial charge in [-0.3, -0.25) is 0 Å². The monoisotopic (exact) mass is 305 g/mol. The molecule has 0 unspecified atom stereocenters. The van der Waals surface area contributed by atoms with E-state index in [-0.39, 0.29) is 0 Å². The Morgan fingerprint density at radius 2 is 2.19 bits per heavy atom. The third kappa shape index (κ3) is 4.06. The van der Waals surface area contributed by atoms with Crippen LogP contribution >= 0.6 is 11.3 Å². The van der Waals surface area contributed by atoms with E-state index < -0.39 is 5.97 Å². The molecule has 1 heterocycles. The highest BCUT2D eigenvalue weighted by Crippen LogP contribution is 2.28. The number of oxime groups is 1. The number of nitrogens with zero attached hydrogens (tertiary/aromatic N) is 1. The van der Waals surface area contributed by atoms with Gasteiger partial charge in [-0.2, -0.15) is 0 Å². The molecule has 0 spiro atoms. The van der Waals surface area contributed by atoms with Gasteiger partial charge in [-0.15, -0.1) is 11.3 Å². The molecule has 2 rings (SSSR count). The first-order chi connectivity index (χ1) is 10.2. The standard InChI is InChI=1S/C15H15NO4S/c1-3-19-16-10-11-6-7-12(13(9-11)18-2)20-15(17)14-5-4-8-21-14/h4-10H,3H2,1-2H3/b16-10+. The number of carbonyl (C=O) groups excluding carboxylic acids is 1. The Bertz CT molecular complexity index is 623. The number of ether oxygens (including phenoxy) is 2. The van der Waals surface area contributed by atoms with E-state index in [9.17, 15) is 4.79 Å². The van der Waals surface area contributed by atoms with Crippen molar-refractivity contribution < 1.29 is 19.1 Å². The van der Waals surface area contributed by atoms with E-state index in [0.717, 1.165) is 5.56 Å². The molecule has 0 aliphatic heterocycles. The topological polar surface area (TPSA) is 57.1 Å². The van der Waals surface area contributed by atoms with Crippen LogP contribution in [0.25, 0.3) is 0 Å². The maximum atomic E-state index is 11.9. The molecule has 0 saturated carbocycles. The molecular weight excluding hydrogens is 290 g/mol. The number of esters is 1. The molecule has 0 aliphatic carbocycles. The van der Waals surface area contributed by atoms with E-state index in [4.69, 9.17) is 14.3 Å². The molecule has 0 fully saturated rings. The van der Waals surface area contributed by atoms with E-state index in [1.54, 1.807) is 36.5 Å². The predicted molar refractivity (Wildman–Crippen MR) is 81.5 cm³/mol. The zero-order valence-corrected chi connectivity index (χ0v) is 12.6. The van der Waals surface area contributed by atoms with Crippen LogP contribution in [-0.2, 0) is 4.84 Å². The number of rotatable bonds is 6. The van der Waals surface area contributed by atoms with Crippen molar-refractivity contribution in [3.8, 4) is 11.5 Å². The minimum atomic E-state index is -0.404. The van der Waals surface area contributed by atoms with Gasteiger partial charge in [0.1, 0.15) is 11.5 Å².